The molecular formula is C23H22N2O5. The van der Waals surface area contributed by atoms with Crippen LogP contribution in [0.25, 0.3) is 0 Å². The molecule has 154 valence electrons. The molecule has 0 aromatic heterocycles. The van der Waals surface area contributed by atoms with Gasteiger partial charge in [0.1, 0.15) is 5.60 Å². The minimum Gasteiger partial charge on any atom is -0.504 e. The molecule has 3 rings (SSSR count). The first-order valence-corrected chi connectivity index (χ1v) is 9.30. The van der Waals surface area contributed by atoms with Crippen LogP contribution in [-0.2, 0) is 5.60 Å². The van der Waals surface area contributed by atoms with Crippen LogP contribution >= 0.6 is 0 Å². The summed E-state index contributed by atoms with van der Waals surface area (Å²) in [6.45, 7) is 1.74. The van der Waals surface area contributed by atoms with E-state index in [2.05, 4.69) is 4.99 Å². The van der Waals surface area contributed by atoms with Crippen LogP contribution in [0.1, 0.15) is 23.6 Å². The molecule has 0 radical (unpaired) electrons. The van der Waals surface area contributed by atoms with Gasteiger partial charge in [-0.1, -0.05) is 60.7 Å². The highest BCUT2D eigenvalue weighted by Gasteiger charge is 2.37. The number of methoxy groups -OCH3 is 1. The largest absolute Gasteiger partial charge is 0.504 e. The number of hydrogen-bond donors (Lipinski definition) is 2. The molecule has 1 atom stereocenters. The minimum absolute atomic E-state index is 0.0281. The van der Waals surface area contributed by atoms with Gasteiger partial charge in [-0.05, 0) is 18.1 Å². The Bertz CT molecular complexity index is 1010. The maximum Gasteiger partial charge on any atom is 0.274 e. The van der Waals surface area contributed by atoms with Gasteiger partial charge in [0.15, 0.2) is 11.5 Å². The Morgan fingerprint density at radius 2 is 1.60 bits per heavy atom. The molecule has 2 N–H and O–H groups in total. The van der Waals surface area contributed by atoms with Crippen molar-refractivity contribution >= 4 is 11.9 Å². The van der Waals surface area contributed by atoms with E-state index in [1.807, 2.05) is 60.7 Å². The lowest BCUT2D eigenvalue weighted by Gasteiger charge is -2.33. The Balaban J connectivity index is 2.06. The van der Waals surface area contributed by atoms with E-state index in [0.717, 1.165) is 6.07 Å². The number of benzene rings is 3. The van der Waals surface area contributed by atoms with Gasteiger partial charge >= 0.3 is 0 Å². The van der Waals surface area contributed by atoms with E-state index in [0.29, 0.717) is 11.1 Å². The van der Waals surface area contributed by atoms with Gasteiger partial charge < -0.3 is 14.9 Å². The van der Waals surface area contributed by atoms with Crippen molar-refractivity contribution in [1.29, 1.82) is 0 Å². The summed E-state index contributed by atoms with van der Waals surface area (Å²) in [5.74, 6) is -0.290. The van der Waals surface area contributed by atoms with Gasteiger partial charge in [0.05, 0.1) is 24.1 Å². The molecule has 0 heterocycles. The van der Waals surface area contributed by atoms with E-state index < -0.39 is 16.6 Å². The van der Waals surface area contributed by atoms with Gasteiger partial charge in [-0.25, -0.2) is 0 Å². The number of aliphatic hydroxyl groups is 1. The van der Waals surface area contributed by atoms with Crippen molar-refractivity contribution in [1.82, 2.24) is 0 Å². The van der Waals surface area contributed by atoms with Crippen LogP contribution in [0.5, 0.6) is 11.5 Å². The molecule has 3 aromatic carbocycles. The van der Waals surface area contributed by atoms with Crippen LogP contribution in [0, 0.1) is 10.1 Å². The molecular weight excluding hydrogens is 384 g/mol. The number of hydrogen-bond acceptors (Lipinski definition) is 6. The maximum atomic E-state index is 11.7. The van der Waals surface area contributed by atoms with Gasteiger partial charge in [0.25, 0.3) is 5.69 Å². The molecule has 0 saturated carbocycles. The van der Waals surface area contributed by atoms with Gasteiger partial charge in [-0.3, -0.25) is 15.1 Å². The van der Waals surface area contributed by atoms with Crippen LogP contribution in [0.2, 0.25) is 0 Å². The lowest BCUT2D eigenvalue weighted by Crippen LogP contribution is -2.38. The quantitative estimate of drug-likeness (QED) is 0.350. The normalized spacial score (nSPS) is 12.6. The fraction of sp³-hybridized carbons (Fsp3) is 0.174. The van der Waals surface area contributed by atoms with Crippen LogP contribution in [-0.4, -0.2) is 34.5 Å². The molecule has 30 heavy (non-hydrogen) atoms. The number of rotatable bonds is 7. The van der Waals surface area contributed by atoms with Crippen LogP contribution < -0.4 is 4.74 Å². The van der Waals surface area contributed by atoms with Gasteiger partial charge in [-0.15, -0.1) is 0 Å². The number of ether oxygens (including phenoxy) is 1. The second-order valence-electron chi connectivity index (χ2n) is 6.80. The smallest absolute Gasteiger partial charge is 0.274 e. The summed E-state index contributed by atoms with van der Waals surface area (Å²) in [6, 6.07) is 20.0. The summed E-state index contributed by atoms with van der Waals surface area (Å²) in [5, 5.41) is 33.2. The van der Waals surface area contributed by atoms with Gasteiger partial charge in [0.2, 0.25) is 0 Å². The van der Waals surface area contributed by atoms with Crippen molar-refractivity contribution in [3.63, 3.8) is 0 Å². The molecule has 0 saturated heterocycles. The van der Waals surface area contributed by atoms with E-state index in [-0.39, 0.29) is 22.7 Å². The third-order valence-corrected chi connectivity index (χ3v) is 4.99. The van der Waals surface area contributed by atoms with Crippen molar-refractivity contribution in [3.8, 4) is 11.5 Å². The molecule has 1 unspecified atom stereocenters. The number of aromatic hydroxyl groups is 1. The lowest BCUT2D eigenvalue weighted by atomic mass is 9.81. The van der Waals surface area contributed by atoms with E-state index >= 15 is 0 Å². The summed E-state index contributed by atoms with van der Waals surface area (Å²) in [7, 11) is 1.31. The number of nitro groups is 1. The highest BCUT2D eigenvalue weighted by atomic mass is 16.6. The molecule has 7 nitrogen and oxygen atoms in total. The minimum atomic E-state index is -1.45. The van der Waals surface area contributed by atoms with Crippen LogP contribution in [0.3, 0.4) is 0 Å². The van der Waals surface area contributed by atoms with Crippen LogP contribution in [0.4, 0.5) is 5.69 Å². The fourth-order valence-corrected chi connectivity index (χ4v) is 3.31. The fourth-order valence-electron chi connectivity index (χ4n) is 3.31. The van der Waals surface area contributed by atoms with Gasteiger partial charge in [-0.2, -0.15) is 0 Å². The maximum absolute atomic E-state index is 11.7. The monoisotopic (exact) mass is 406 g/mol. The zero-order valence-corrected chi connectivity index (χ0v) is 16.6. The molecule has 0 spiro atoms. The summed E-state index contributed by atoms with van der Waals surface area (Å²) in [4.78, 5) is 15.1. The first-order chi connectivity index (χ1) is 14.4. The second kappa shape index (κ2) is 8.75. The highest BCUT2D eigenvalue weighted by Crippen LogP contribution is 2.36. The number of nitrogens with zero attached hydrogens (tertiary/aromatic N) is 2. The van der Waals surface area contributed by atoms with E-state index in [1.165, 1.54) is 19.4 Å². The topological polar surface area (TPSA) is 105 Å². The third kappa shape index (κ3) is 4.01. The summed E-state index contributed by atoms with van der Waals surface area (Å²) in [5.41, 5.74) is -0.251. The number of phenols is 1. The Morgan fingerprint density at radius 1 is 1.07 bits per heavy atom. The van der Waals surface area contributed by atoms with Crippen molar-refractivity contribution in [2.45, 2.75) is 18.6 Å². The van der Waals surface area contributed by atoms with E-state index in [1.54, 1.807) is 6.92 Å². The number of aliphatic imine (C=N–C) groups is 1. The number of nitro benzene ring substituents is 1. The molecule has 0 amide bonds. The van der Waals surface area contributed by atoms with E-state index in [4.69, 9.17) is 4.74 Å². The summed E-state index contributed by atoms with van der Waals surface area (Å²) >= 11 is 0. The van der Waals surface area contributed by atoms with Gasteiger partial charge in [0, 0.05) is 17.8 Å². The van der Waals surface area contributed by atoms with Crippen molar-refractivity contribution in [2.24, 2.45) is 4.99 Å². The Kier molecular flexibility index (Phi) is 6.13. The van der Waals surface area contributed by atoms with Crippen molar-refractivity contribution < 1.29 is 19.9 Å². The second-order valence-corrected chi connectivity index (χ2v) is 6.80. The van der Waals surface area contributed by atoms with E-state index in [9.17, 15) is 20.3 Å². The molecule has 0 fully saturated rings. The molecule has 0 aliphatic heterocycles. The third-order valence-electron chi connectivity index (χ3n) is 4.99. The van der Waals surface area contributed by atoms with Crippen LogP contribution in [0.15, 0.2) is 77.8 Å². The van der Waals surface area contributed by atoms with Crippen molar-refractivity contribution in [3.05, 3.63) is 99.6 Å². The highest BCUT2D eigenvalue weighted by molar-refractivity contribution is 5.86. The molecule has 7 heteroatoms. The number of phenolic OH excluding ortho intramolecular Hbond substituents is 1. The zero-order chi connectivity index (χ0) is 21.7. The Labute approximate surface area is 174 Å². The predicted molar refractivity (Wildman–Crippen MR) is 114 cm³/mol. The first-order valence-electron chi connectivity index (χ1n) is 9.30. The standard InChI is InChI=1S/C23H22N2O5/c1-16(24-15-17-13-20(25(28)29)14-21(30-2)22(17)26)23(27,18-9-5-3-6-10-18)19-11-7-4-8-12-19/h3-16,26-27H,1-2H3. The predicted octanol–water partition coefficient (Wildman–Crippen LogP) is 4.05. The molecule has 3 aromatic rings. The molecule has 0 aliphatic rings. The lowest BCUT2D eigenvalue weighted by molar-refractivity contribution is -0.385. The molecule has 0 aliphatic carbocycles. The average Bonchev–Trinajstić information content (AvgIpc) is 2.78. The molecule has 0 bridgehead atoms. The Morgan fingerprint density at radius 3 is 2.07 bits per heavy atom. The summed E-state index contributed by atoms with van der Waals surface area (Å²) < 4.78 is 5.02. The average molecular weight is 406 g/mol. The summed E-state index contributed by atoms with van der Waals surface area (Å²) in [6.07, 6.45) is 1.31. The Hall–Kier alpha value is -3.71. The zero-order valence-electron chi connectivity index (χ0n) is 16.6. The first kappa shape index (κ1) is 21.0. The number of non-ortho nitro benzene ring substituents is 1. The van der Waals surface area contributed by atoms with Crippen molar-refractivity contribution in [2.75, 3.05) is 7.11 Å². The SMILES string of the molecule is COc1cc([N+](=O)[O-])cc(C=NC(C)C(O)(c2ccccc2)c2ccccc2)c1O.